The molecule has 0 saturated carbocycles. The highest BCUT2D eigenvalue weighted by Gasteiger charge is 2.14. The fraction of sp³-hybridized carbons (Fsp3) is 0.200. The lowest BCUT2D eigenvalue weighted by molar-refractivity contribution is -0.700. The molecule has 0 amide bonds. The van der Waals surface area contributed by atoms with Gasteiger partial charge in [-0.2, -0.15) is 0 Å². The molecule has 2 aromatic rings. The molecule has 0 fully saturated rings. The van der Waals surface area contributed by atoms with E-state index in [1.807, 2.05) is 13.0 Å². The summed E-state index contributed by atoms with van der Waals surface area (Å²) in [5.41, 5.74) is 0.890. The number of hydrogen-bond acceptors (Lipinski definition) is 2. The third-order valence-corrected chi connectivity index (χ3v) is 2.83. The number of aromatic nitrogens is 1. The summed E-state index contributed by atoms with van der Waals surface area (Å²) in [6.07, 6.45) is 1.79. The van der Waals surface area contributed by atoms with Gasteiger partial charge in [0.15, 0.2) is 6.20 Å². The number of rotatable bonds is 5. The summed E-state index contributed by atoms with van der Waals surface area (Å²) < 4.78 is 34.3. The Kier molecular flexibility index (Phi) is 4.40. The molecule has 0 atom stereocenters. The van der Waals surface area contributed by atoms with Gasteiger partial charge in [0, 0.05) is 6.07 Å². The van der Waals surface area contributed by atoms with E-state index in [0.717, 1.165) is 5.56 Å². The van der Waals surface area contributed by atoms with Crippen LogP contribution in [0, 0.1) is 18.6 Å². The van der Waals surface area contributed by atoms with E-state index in [0.29, 0.717) is 12.5 Å². The first-order chi connectivity index (χ1) is 9.61. The molecule has 0 radical (unpaired) electrons. The van der Waals surface area contributed by atoms with Crippen LogP contribution in [-0.4, -0.2) is 6.72 Å². The van der Waals surface area contributed by atoms with E-state index in [-0.39, 0.29) is 12.2 Å². The van der Waals surface area contributed by atoms with Crippen molar-refractivity contribution in [2.24, 2.45) is 4.99 Å². The summed E-state index contributed by atoms with van der Waals surface area (Å²) in [6.45, 7) is 5.46. The van der Waals surface area contributed by atoms with Crippen molar-refractivity contribution in [1.82, 2.24) is 0 Å². The lowest BCUT2D eigenvalue weighted by atomic mass is 10.2. The van der Waals surface area contributed by atoms with Crippen molar-refractivity contribution in [3.63, 3.8) is 0 Å². The molecule has 1 aromatic heterocycles. The van der Waals surface area contributed by atoms with E-state index in [1.165, 1.54) is 18.2 Å². The molecule has 20 heavy (non-hydrogen) atoms. The van der Waals surface area contributed by atoms with Gasteiger partial charge in [0.25, 0.3) is 0 Å². The fourth-order valence-electron chi connectivity index (χ4n) is 1.77. The molecule has 0 N–H and O–H groups in total. The maximum Gasteiger partial charge on any atom is 0.370 e. The zero-order valence-electron chi connectivity index (χ0n) is 11.1. The third-order valence-electron chi connectivity index (χ3n) is 2.83. The molecule has 1 aromatic carbocycles. The Balaban J connectivity index is 2.22. The van der Waals surface area contributed by atoms with Gasteiger partial charge in [0.05, 0.1) is 11.6 Å². The molecule has 0 aliphatic carbocycles. The van der Waals surface area contributed by atoms with Crippen molar-refractivity contribution >= 4 is 6.72 Å². The Morgan fingerprint density at radius 1 is 1.25 bits per heavy atom. The molecular formula is C15H15F2N2O+. The molecule has 0 spiro atoms. The number of halogens is 2. The lowest BCUT2D eigenvalue weighted by Crippen LogP contribution is -2.34. The number of nitrogens with zero attached hydrogens (tertiary/aromatic N) is 2. The average Bonchev–Trinajstić information content (AvgIpc) is 2.41. The zero-order valence-corrected chi connectivity index (χ0v) is 11.1. The van der Waals surface area contributed by atoms with Gasteiger partial charge in [0.1, 0.15) is 18.2 Å². The van der Waals surface area contributed by atoms with Gasteiger partial charge in [-0.3, -0.25) is 0 Å². The van der Waals surface area contributed by atoms with Crippen LogP contribution >= 0.6 is 0 Å². The molecule has 0 saturated heterocycles. The summed E-state index contributed by atoms with van der Waals surface area (Å²) in [5.74, 6) is -0.753. The first-order valence-electron chi connectivity index (χ1n) is 6.10. The maximum atomic E-state index is 13.5. The van der Waals surface area contributed by atoms with Gasteiger partial charge in [-0.05, 0) is 31.3 Å². The van der Waals surface area contributed by atoms with Crippen molar-refractivity contribution in [2.75, 3.05) is 0 Å². The van der Waals surface area contributed by atoms with Crippen LogP contribution in [0.1, 0.15) is 11.1 Å². The quantitative estimate of drug-likeness (QED) is 0.609. The summed E-state index contributed by atoms with van der Waals surface area (Å²) in [4.78, 5) is 3.77. The predicted molar refractivity (Wildman–Crippen MR) is 71.6 cm³/mol. The van der Waals surface area contributed by atoms with Gasteiger partial charge in [-0.25, -0.2) is 13.8 Å². The van der Waals surface area contributed by atoms with E-state index >= 15 is 0 Å². The summed E-state index contributed by atoms with van der Waals surface area (Å²) in [7, 11) is 0. The van der Waals surface area contributed by atoms with Crippen LogP contribution in [0.25, 0.3) is 0 Å². The van der Waals surface area contributed by atoms with Crippen LogP contribution in [-0.2, 0) is 13.3 Å². The van der Waals surface area contributed by atoms with Crippen molar-refractivity contribution in [3.8, 4) is 5.88 Å². The minimum Gasteiger partial charge on any atom is -0.439 e. The monoisotopic (exact) mass is 277 g/mol. The topological polar surface area (TPSA) is 25.5 Å². The number of pyridine rings is 1. The van der Waals surface area contributed by atoms with Crippen LogP contribution < -0.4 is 9.30 Å². The summed E-state index contributed by atoms with van der Waals surface area (Å²) >= 11 is 0. The van der Waals surface area contributed by atoms with Gasteiger partial charge < -0.3 is 4.74 Å². The molecule has 0 aliphatic heterocycles. The number of hydrogen-bond donors (Lipinski definition) is 0. The first kappa shape index (κ1) is 14.1. The van der Waals surface area contributed by atoms with Gasteiger partial charge in [-0.1, -0.05) is 6.07 Å². The van der Waals surface area contributed by atoms with E-state index in [2.05, 4.69) is 11.7 Å². The Hall–Kier alpha value is -2.30. The molecule has 2 rings (SSSR count). The molecule has 0 bridgehead atoms. The van der Waals surface area contributed by atoms with Crippen LogP contribution in [0.5, 0.6) is 5.88 Å². The van der Waals surface area contributed by atoms with Crippen LogP contribution in [0.2, 0.25) is 0 Å². The largest absolute Gasteiger partial charge is 0.439 e. The predicted octanol–water partition coefficient (Wildman–Crippen LogP) is 2.80. The van der Waals surface area contributed by atoms with E-state index in [4.69, 9.17) is 4.74 Å². The van der Waals surface area contributed by atoms with Crippen LogP contribution in [0.3, 0.4) is 0 Å². The van der Waals surface area contributed by atoms with Crippen LogP contribution in [0.4, 0.5) is 8.78 Å². The Bertz CT molecular complexity index is 609. The van der Waals surface area contributed by atoms with Gasteiger partial charge in [-0.15, -0.1) is 4.57 Å². The minimum absolute atomic E-state index is 0.0906. The van der Waals surface area contributed by atoms with E-state index in [1.54, 1.807) is 16.8 Å². The smallest absolute Gasteiger partial charge is 0.370 e. The highest BCUT2D eigenvalue weighted by molar-refractivity contribution is 5.22. The normalized spacial score (nSPS) is 10.3. The maximum absolute atomic E-state index is 13.5. The minimum atomic E-state index is -0.619. The Morgan fingerprint density at radius 3 is 2.60 bits per heavy atom. The zero-order chi connectivity index (χ0) is 14.5. The summed E-state index contributed by atoms with van der Waals surface area (Å²) in [5, 5.41) is 0. The van der Waals surface area contributed by atoms with Gasteiger partial charge >= 0.3 is 5.88 Å². The summed E-state index contributed by atoms with van der Waals surface area (Å²) in [6, 6.07) is 7.41. The molecule has 5 heteroatoms. The van der Waals surface area contributed by atoms with Gasteiger partial charge in [0.2, 0.25) is 6.67 Å². The molecular weight excluding hydrogens is 262 g/mol. The molecule has 0 unspecified atom stereocenters. The van der Waals surface area contributed by atoms with Crippen LogP contribution in [0.15, 0.2) is 41.5 Å². The van der Waals surface area contributed by atoms with Crippen molar-refractivity contribution < 1.29 is 18.1 Å². The third kappa shape index (κ3) is 3.17. The van der Waals surface area contributed by atoms with Crippen molar-refractivity contribution in [1.29, 1.82) is 0 Å². The first-order valence-corrected chi connectivity index (χ1v) is 6.10. The van der Waals surface area contributed by atoms with E-state index < -0.39 is 11.6 Å². The number of aryl methyl sites for hydroxylation is 1. The average molecular weight is 277 g/mol. The second-order valence-electron chi connectivity index (χ2n) is 4.37. The second kappa shape index (κ2) is 6.23. The Morgan fingerprint density at radius 2 is 1.95 bits per heavy atom. The number of ether oxygens (including phenoxy) is 1. The molecule has 1 heterocycles. The highest BCUT2D eigenvalue weighted by Crippen LogP contribution is 2.15. The van der Waals surface area contributed by atoms with Crippen molar-refractivity contribution in [3.05, 3.63) is 59.3 Å². The molecule has 104 valence electrons. The van der Waals surface area contributed by atoms with Crippen molar-refractivity contribution in [2.45, 2.75) is 20.2 Å². The second-order valence-corrected chi connectivity index (χ2v) is 4.37. The Labute approximate surface area is 116 Å². The molecule has 3 nitrogen and oxygen atoms in total. The van der Waals surface area contributed by atoms with E-state index in [9.17, 15) is 8.78 Å². The SMILES string of the molecule is C=NC[n+]1ccc(C)cc1OCc1c(F)cccc1F. The highest BCUT2D eigenvalue weighted by atomic mass is 19.1. The standard InChI is InChI=1S/C15H15F2N2O/c1-11-6-7-19(10-18-2)15(8-11)20-9-12-13(16)4-3-5-14(12)17/h3-8H,2,9-10H2,1H3/q+1. The fourth-order valence-corrected chi connectivity index (χ4v) is 1.77. The number of benzene rings is 1. The molecule has 0 aliphatic rings. The number of aliphatic imine (C=N–C) groups is 1. The lowest BCUT2D eigenvalue weighted by Gasteiger charge is -2.07.